The molecule has 4 rings (SSSR count). The van der Waals surface area contributed by atoms with Crippen molar-refractivity contribution in [2.24, 2.45) is 5.92 Å². The van der Waals surface area contributed by atoms with Crippen molar-refractivity contribution < 1.29 is 19.1 Å². The van der Waals surface area contributed by atoms with Crippen molar-refractivity contribution in [3.05, 3.63) is 58.6 Å². The van der Waals surface area contributed by atoms with E-state index in [-0.39, 0.29) is 23.8 Å². The molecule has 6 nitrogen and oxygen atoms in total. The number of fused-ring (bicyclic) bond motifs is 1. The van der Waals surface area contributed by atoms with Crippen LogP contribution in [0.15, 0.2) is 53.0 Å². The van der Waals surface area contributed by atoms with E-state index in [1.807, 2.05) is 60.5 Å². The van der Waals surface area contributed by atoms with Gasteiger partial charge in [0.2, 0.25) is 5.91 Å². The Bertz CT molecular complexity index is 910. The summed E-state index contributed by atoms with van der Waals surface area (Å²) in [5.41, 5.74) is 0.676. The third kappa shape index (κ3) is 4.61. The van der Waals surface area contributed by atoms with E-state index in [1.54, 1.807) is 4.90 Å². The zero-order valence-corrected chi connectivity index (χ0v) is 18.5. The molecule has 0 spiro atoms. The number of hydrogen-bond acceptors (Lipinski definition) is 4. The number of carbonyl (C=O) groups excluding carboxylic acids is 2. The Kier molecular flexibility index (Phi) is 6.27. The number of nitrogens with zero attached hydrogens (tertiary/aromatic N) is 2. The Balaban J connectivity index is 1.28. The van der Waals surface area contributed by atoms with Crippen LogP contribution >= 0.6 is 15.9 Å². The Hall–Kier alpha value is -2.54. The predicted molar refractivity (Wildman–Crippen MR) is 117 cm³/mol. The van der Waals surface area contributed by atoms with Crippen molar-refractivity contribution >= 4 is 27.7 Å². The summed E-state index contributed by atoms with van der Waals surface area (Å²) in [6, 6.07) is 14.9. The summed E-state index contributed by atoms with van der Waals surface area (Å²) in [6.07, 6.45) is 1.17. The maximum absolute atomic E-state index is 12.9. The van der Waals surface area contributed by atoms with E-state index < -0.39 is 0 Å². The molecule has 1 unspecified atom stereocenters. The van der Waals surface area contributed by atoms with Crippen molar-refractivity contribution in [3.8, 4) is 11.5 Å². The number of hydrogen-bond donors (Lipinski definition) is 0. The summed E-state index contributed by atoms with van der Waals surface area (Å²) in [5, 5.41) is 0. The SMILES string of the molecule is CN(CC1COc2ccccc2O1)C(=O)C1CCN(C(=O)c2ccc(Br)cc2)CC1. The number of para-hydroxylation sites is 2. The number of benzene rings is 2. The predicted octanol–water partition coefficient (Wildman–Crippen LogP) is 3.60. The molecule has 2 aromatic carbocycles. The van der Waals surface area contributed by atoms with Crippen LogP contribution in [0.4, 0.5) is 0 Å². The molecular weight excluding hydrogens is 448 g/mol. The third-order valence-electron chi connectivity index (χ3n) is 5.64. The number of piperidine rings is 1. The summed E-state index contributed by atoms with van der Waals surface area (Å²) < 4.78 is 12.7. The van der Waals surface area contributed by atoms with Crippen molar-refractivity contribution in [3.63, 3.8) is 0 Å². The lowest BCUT2D eigenvalue weighted by Crippen LogP contribution is -2.47. The van der Waals surface area contributed by atoms with E-state index in [0.717, 1.165) is 16.0 Å². The lowest BCUT2D eigenvalue weighted by molar-refractivity contribution is -0.137. The smallest absolute Gasteiger partial charge is 0.253 e. The van der Waals surface area contributed by atoms with Gasteiger partial charge in [0.25, 0.3) is 5.91 Å². The van der Waals surface area contributed by atoms with Gasteiger partial charge in [0.1, 0.15) is 6.61 Å². The molecule has 7 heteroatoms. The van der Waals surface area contributed by atoms with E-state index in [0.29, 0.717) is 44.6 Å². The summed E-state index contributed by atoms with van der Waals surface area (Å²) in [5.74, 6) is 1.52. The highest BCUT2D eigenvalue weighted by atomic mass is 79.9. The van der Waals surface area contributed by atoms with Crippen LogP contribution in [0.1, 0.15) is 23.2 Å². The van der Waals surface area contributed by atoms with Gasteiger partial charge in [-0.25, -0.2) is 0 Å². The summed E-state index contributed by atoms with van der Waals surface area (Å²) in [6.45, 7) is 2.09. The van der Waals surface area contributed by atoms with Gasteiger partial charge in [0, 0.05) is 36.1 Å². The maximum atomic E-state index is 12.9. The fourth-order valence-electron chi connectivity index (χ4n) is 3.96. The normalized spacial score (nSPS) is 18.7. The first kappa shape index (κ1) is 20.7. The van der Waals surface area contributed by atoms with Crippen LogP contribution < -0.4 is 9.47 Å². The van der Waals surface area contributed by atoms with Crippen molar-refractivity contribution in [2.75, 3.05) is 33.3 Å². The van der Waals surface area contributed by atoms with Gasteiger partial charge in [-0.1, -0.05) is 28.1 Å². The third-order valence-corrected chi connectivity index (χ3v) is 6.17. The highest BCUT2D eigenvalue weighted by Crippen LogP contribution is 2.31. The number of likely N-dealkylation sites (tertiary alicyclic amines) is 1. The van der Waals surface area contributed by atoms with Gasteiger partial charge in [-0.05, 0) is 49.2 Å². The quantitative estimate of drug-likeness (QED) is 0.681. The van der Waals surface area contributed by atoms with Crippen LogP contribution in [0.2, 0.25) is 0 Å². The summed E-state index contributed by atoms with van der Waals surface area (Å²) in [4.78, 5) is 29.2. The highest BCUT2D eigenvalue weighted by molar-refractivity contribution is 9.10. The van der Waals surface area contributed by atoms with Gasteiger partial charge in [-0.3, -0.25) is 9.59 Å². The molecule has 0 N–H and O–H groups in total. The number of halogens is 1. The molecule has 0 bridgehead atoms. The monoisotopic (exact) mass is 472 g/mol. The molecule has 1 saturated heterocycles. The minimum atomic E-state index is -0.187. The lowest BCUT2D eigenvalue weighted by atomic mass is 9.94. The van der Waals surface area contributed by atoms with E-state index in [9.17, 15) is 9.59 Å². The van der Waals surface area contributed by atoms with Gasteiger partial charge in [-0.15, -0.1) is 0 Å². The number of amides is 2. The first-order chi connectivity index (χ1) is 14.5. The highest BCUT2D eigenvalue weighted by Gasteiger charge is 2.31. The molecule has 0 radical (unpaired) electrons. The second kappa shape index (κ2) is 9.08. The van der Waals surface area contributed by atoms with Crippen molar-refractivity contribution in [2.45, 2.75) is 18.9 Å². The van der Waals surface area contributed by atoms with Gasteiger partial charge >= 0.3 is 0 Å². The van der Waals surface area contributed by atoms with Crippen molar-refractivity contribution in [1.82, 2.24) is 9.80 Å². The van der Waals surface area contributed by atoms with Crippen LogP contribution in [0, 0.1) is 5.92 Å². The largest absolute Gasteiger partial charge is 0.486 e. The van der Waals surface area contributed by atoms with E-state index in [2.05, 4.69) is 15.9 Å². The molecule has 0 aliphatic carbocycles. The number of carbonyl (C=O) groups is 2. The molecule has 1 atom stereocenters. The first-order valence-electron chi connectivity index (χ1n) is 10.2. The van der Waals surface area contributed by atoms with Crippen LogP contribution in [-0.4, -0.2) is 61.0 Å². The standard InChI is InChI=1S/C23H25BrN2O4/c1-25(14-19-15-29-20-4-2-3-5-21(20)30-19)22(27)17-10-12-26(13-11-17)23(28)16-6-8-18(24)9-7-16/h2-9,17,19H,10-15H2,1H3. The Morgan fingerprint density at radius 3 is 2.43 bits per heavy atom. The maximum Gasteiger partial charge on any atom is 0.253 e. The van der Waals surface area contributed by atoms with Gasteiger partial charge < -0.3 is 19.3 Å². The molecule has 0 saturated carbocycles. The first-order valence-corrected chi connectivity index (χ1v) is 11.0. The molecule has 0 aromatic heterocycles. The second-order valence-electron chi connectivity index (χ2n) is 7.79. The van der Waals surface area contributed by atoms with Gasteiger partial charge in [-0.2, -0.15) is 0 Å². The van der Waals surface area contributed by atoms with E-state index in [1.165, 1.54) is 0 Å². The van der Waals surface area contributed by atoms with Crippen LogP contribution in [0.25, 0.3) is 0 Å². The minimum absolute atomic E-state index is 0.0215. The number of likely N-dealkylation sites (N-methyl/N-ethyl adjacent to an activating group) is 1. The molecule has 2 amide bonds. The molecule has 2 aromatic rings. The van der Waals surface area contributed by atoms with Crippen LogP contribution in [0.5, 0.6) is 11.5 Å². The van der Waals surface area contributed by atoms with Crippen LogP contribution in [0.3, 0.4) is 0 Å². The average Bonchev–Trinajstić information content (AvgIpc) is 2.78. The lowest BCUT2D eigenvalue weighted by Gasteiger charge is -2.35. The Morgan fingerprint density at radius 1 is 1.07 bits per heavy atom. The number of ether oxygens (including phenoxy) is 2. The number of rotatable bonds is 4. The van der Waals surface area contributed by atoms with Gasteiger partial charge in [0.05, 0.1) is 6.54 Å². The van der Waals surface area contributed by atoms with E-state index >= 15 is 0 Å². The summed E-state index contributed by atoms with van der Waals surface area (Å²) in [7, 11) is 1.81. The molecule has 2 aliphatic heterocycles. The molecule has 1 fully saturated rings. The van der Waals surface area contributed by atoms with Crippen LogP contribution in [-0.2, 0) is 4.79 Å². The van der Waals surface area contributed by atoms with Gasteiger partial charge in [0.15, 0.2) is 17.6 Å². The Labute approximate surface area is 184 Å². The van der Waals surface area contributed by atoms with Crippen molar-refractivity contribution in [1.29, 1.82) is 0 Å². The zero-order chi connectivity index (χ0) is 21.1. The Morgan fingerprint density at radius 2 is 1.73 bits per heavy atom. The minimum Gasteiger partial charge on any atom is -0.486 e. The fourth-order valence-corrected chi connectivity index (χ4v) is 4.23. The molecular formula is C23H25BrN2O4. The van der Waals surface area contributed by atoms with E-state index in [4.69, 9.17) is 9.47 Å². The fraction of sp³-hybridized carbons (Fsp3) is 0.391. The second-order valence-corrected chi connectivity index (χ2v) is 8.71. The molecule has 158 valence electrons. The molecule has 2 heterocycles. The summed E-state index contributed by atoms with van der Waals surface area (Å²) >= 11 is 3.39. The molecule has 2 aliphatic rings. The topological polar surface area (TPSA) is 59.1 Å². The average molecular weight is 473 g/mol. The molecule has 30 heavy (non-hydrogen) atoms. The zero-order valence-electron chi connectivity index (χ0n) is 16.9.